The number of halogens is 3. The number of sulfone groups is 1. The quantitative estimate of drug-likeness (QED) is 0.907. The van der Waals surface area contributed by atoms with Crippen LogP contribution in [0.25, 0.3) is 0 Å². The molecule has 23 heavy (non-hydrogen) atoms. The molecule has 0 bridgehead atoms. The fraction of sp³-hybridized carbons (Fsp3) is 0.500. The van der Waals surface area contributed by atoms with Gasteiger partial charge in [-0.15, -0.1) is 0 Å². The molecule has 1 aromatic rings. The molecule has 1 aliphatic rings. The molecule has 2 rings (SSSR count). The summed E-state index contributed by atoms with van der Waals surface area (Å²) >= 11 is 0. The topological polar surface area (TPSA) is 66.5 Å². The average molecular weight is 350 g/mol. The smallest absolute Gasteiger partial charge is 0.376 e. The molecule has 0 radical (unpaired) electrons. The Balaban J connectivity index is 2.28. The van der Waals surface area contributed by atoms with Crippen molar-refractivity contribution >= 4 is 27.1 Å². The maximum Gasteiger partial charge on any atom is 0.416 e. The highest BCUT2D eigenvalue weighted by atomic mass is 32.2. The van der Waals surface area contributed by atoms with E-state index in [0.29, 0.717) is 5.69 Å². The number of nitrogens with one attached hydrogen (secondary N) is 1. The third-order valence-corrected chi connectivity index (χ3v) is 5.43. The number of anilines is 2. The summed E-state index contributed by atoms with van der Waals surface area (Å²) in [6.07, 6.45) is -4.34. The van der Waals surface area contributed by atoms with Crippen molar-refractivity contribution < 1.29 is 26.4 Å². The summed E-state index contributed by atoms with van der Waals surface area (Å²) in [6, 6.07) is 3.06. The van der Waals surface area contributed by atoms with Crippen LogP contribution in [0.2, 0.25) is 0 Å². The third-order valence-electron chi connectivity index (χ3n) is 3.67. The van der Waals surface area contributed by atoms with E-state index in [1.165, 1.54) is 6.07 Å². The molecule has 1 amide bonds. The second kappa shape index (κ2) is 6.03. The van der Waals surface area contributed by atoms with Crippen LogP contribution in [0.4, 0.5) is 24.5 Å². The van der Waals surface area contributed by atoms with Crippen molar-refractivity contribution in [2.75, 3.05) is 35.8 Å². The van der Waals surface area contributed by atoms with Gasteiger partial charge in [-0.25, -0.2) is 8.42 Å². The summed E-state index contributed by atoms with van der Waals surface area (Å²) < 4.78 is 61.3. The Kier molecular flexibility index (Phi) is 4.61. The van der Waals surface area contributed by atoms with E-state index in [4.69, 9.17) is 0 Å². The fourth-order valence-corrected chi connectivity index (χ4v) is 4.18. The van der Waals surface area contributed by atoms with Gasteiger partial charge in [-0.2, -0.15) is 13.2 Å². The zero-order valence-electron chi connectivity index (χ0n) is 12.6. The number of carbonyl (C=O) groups is 1. The average Bonchev–Trinajstić information content (AvgIpc) is 2.77. The molecule has 1 aromatic carbocycles. The number of benzene rings is 1. The van der Waals surface area contributed by atoms with E-state index in [-0.39, 0.29) is 23.6 Å². The molecule has 1 atom stereocenters. The molecule has 0 aromatic heterocycles. The first-order chi connectivity index (χ1) is 10.5. The SMILES string of the molecule is CN(C)c1ccc(C(F)(F)F)cc1NC(=O)[C@H]1CCS(=O)(=O)C1. The van der Waals surface area contributed by atoms with Gasteiger partial charge in [0.1, 0.15) is 0 Å². The molecular weight excluding hydrogens is 333 g/mol. The molecule has 0 unspecified atom stereocenters. The van der Waals surface area contributed by atoms with Gasteiger partial charge in [0, 0.05) is 14.1 Å². The Bertz CT molecular complexity index is 714. The highest BCUT2D eigenvalue weighted by Crippen LogP contribution is 2.35. The van der Waals surface area contributed by atoms with Gasteiger partial charge in [0.05, 0.1) is 34.4 Å². The number of alkyl halides is 3. The molecular formula is C14H17F3N2O3S. The minimum atomic E-state index is -4.53. The van der Waals surface area contributed by atoms with Gasteiger partial charge < -0.3 is 10.2 Å². The minimum Gasteiger partial charge on any atom is -0.376 e. The van der Waals surface area contributed by atoms with E-state index in [9.17, 15) is 26.4 Å². The van der Waals surface area contributed by atoms with Crippen molar-refractivity contribution in [1.29, 1.82) is 0 Å². The molecule has 0 saturated carbocycles. The number of hydrogen-bond acceptors (Lipinski definition) is 4. The summed E-state index contributed by atoms with van der Waals surface area (Å²) in [7, 11) is 0.0325. The number of carbonyl (C=O) groups excluding carboxylic acids is 1. The van der Waals surface area contributed by atoms with Crippen molar-refractivity contribution in [2.45, 2.75) is 12.6 Å². The maximum absolute atomic E-state index is 12.8. The maximum atomic E-state index is 12.8. The van der Waals surface area contributed by atoms with Crippen LogP contribution in [0.3, 0.4) is 0 Å². The van der Waals surface area contributed by atoms with Gasteiger partial charge in [0.15, 0.2) is 9.84 Å². The molecule has 1 aliphatic heterocycles. The Morgan fingerprint density at radius 3 is 2.43 bits per heavy atom. The summed E-state index contributed by atoms with van der Waals surface area (Å²) in [6.45, 7) is 0. The van der Waals surface area contributed by atoms with Crippen LogP contribution in [0, 0.1) is 5.92 Å². The van der Waals surface area contributed by atoms with E-state index in [1.807, 2.05) is 0 Å². The molecule has 1 fully saturated rings. The van der Waals surface area contributed by atoms with Crippen LogP contribution >= 0.6 is 0 Å². The molecule has 1 N–H and O–H groups in total. The first-order valence-electron chi connectivity index (χ1n) is 6.89. The van der Waals surface area contributed by atoms with Crippen LogP contribution < -0.4 is 10.2 Å². The normalized spacial score (nSPS) is 20.3. The number of amides is 1. The molecule has 128 valence electrons. The number of hydrogen-bond donors (Lipinski definition) is 1. The lowest BCUT2D eigenvalue weighted by Crippen LogP contribution is -2.25. The van der Waals surface area contributed by atoms with Crippen LogP contribution in [0.1, 0.15) is 12.0 Å². The van der Waals surface area contributed by atoms with E-state index in [2.05, 4.69) is 5.32 Å². The van der Waals surface area contributed by atoms with Crippen LogP contribution in [0.5, 0.6) is 0 Å². The Morgan fingerprint density at radius 2 is 1.96 bits per heavy atom. The standard InChI is InChI=1S/C14H17F3N2O3S/c1-19(2)12-4-3-10(14(15,16)17)7-11(12)18-13(20)9-5-6-23(21,22)8-9/h3-4,7,9H,5-6,8H2,1-2H3,(H,18,20)/t9-/m0/s1. The summed E-state index contributed by atoms with van der Waals surface area (Å²) in [5.74, 6) is -1.65. The predicted octanol–water partition coefficient (Wildman–Crippen LogP) is 2.14. The zero-order chi connectivity index (χ0) is 17.4. The highest BCUT2D eigenvalue weighted by molar-refractivity contribution is 7.91. The molecule has 0 spiro atoms. The lowest BCUT2D eigenvalue weighted by atomic mass is 10.1. The second-order valence-corrected chi connectivity index (χ2v) is 7.94. The van der Waals surface area contributed by atoms with Gasteiger partial charge in [0.2, 0.25) is 5.91 Å². The molecule has 5 nitrogen and oxygen atoms in total. The molecule has 0 aliphatic carbocycles. The van der Waals surface area contributed by atoms with Gasteiger partial charge in [-0.1, -0.05) is 0 Å². The van der Waals surface area contributed by atoms with Gasteiger partial charge >= 0.3 is 6.18 Å². The Labute approximate surface area is 132 Å². The monoisotopic (exact) mass is 350 g/mol. The minimum absolute atomic E-state index is 0.0131. The summed E-state index contributed by atoms with van der Waals surface area (Å²) in [5, 5.41) is 2.44. The van der Waals surface area contributed by atoms with E-state index < -0.39 is 33.4 Å². The van der Waals surface area contributed by atoms with Crippen molar-refractivity contribution in [3.63, 3.8) is 0 Å². The Hall–Kier alpha value is -1.77. The molecule has 1 heterocycles. The van der Waals surface area contributed by atoms with Crippen LogP contribution in [0.15, 0.2) is 18.2 Å². The van der Waals surface area contributed by atoms with E-state index in [0.717, 1.165) is 12.1 Å². The summed E-state index contributed by atoms with van der Waals surface area (Å²) in [4.78, 5) is 13.7. The first kappa shape index (κ1) is 17.6. The van der Waals surface area contributed by atoms with Crippen molar-refractivity contribution in [1.82, 2.24) is 0 Å². The second-order valence-electron chi connectivity index (χ2n) is 5.71. The van der Waals surface area contributed by atoms with Crippen molar-refractivity contribution in [3.05, 3.63) is 23.8 Å². The third kappa shape index (κ3) is 4.15. The number of rotatable bonds is 3. The fourth-order valence-electron chi connectivity index (χ4n) is 2.44. The van der Waals surface area contributed by atoms with E-state index >= 15 is 0 Å². The number of nitrogens with zero attached hydrogens (tertiary/aromatic N) is 1. The lowest BCUT2D eigenvalue weighted by molar-refractivity contribution is -0.137. The lowest BCUT2D eigenvalue weighted by Gasteiger charge is -2.20. The van der Waals surface area contributed by atoms with Gasteiger partial charge in [-0.3, -0.25) is 4.79 Å². The van der Waals surface area contributed by atoms with Crippen LogP contribution in [-0.4, -0.2) is 39.9 Å². The van der Waals surface area contributed by atoms with Crippen molar-refractivity contribution in [2.24, 2.45) is 5.92 Å². The van der Waals surface area contributed by atoms with Gasteiger partial charge in [0.25, 0.3) is 0 Å². The predicted molar refractivity (Wildman–Crippen MR) is 81.2 cm³/mol. The zero-order valence-corrected chi connectivity index (χ0v) is 13.5. The first-order valence-corrected chi connectivity index (χ1v) is 8.71. The summed E-state index contributed by atoms with van der Waals surface area (Å²) in [5.41, 5.74) is -0.455. The molecule has 9 heteroatoms. The highest BCUT2D eigenvalue weighted by Gasteiger charge is 2.34. The molecule has 1 saturated heterocycles. The van der Waals surface area contributed by atoms with E-state index in [1.54, 1.807) is 19.0 Å². The largest absolute Gasteiger partial charge is 0.416 e. The van der Waals surface area contributed by atoms with Crippen LogP contribution in [-0.2, 0) is 20.8 Å². The van der Waals surface area contributed by atoms with Crippen molar-refractivity contribution in [3.8, 4) is 0 Å². The van der Waals surface area contributed by atoms with Gasteiger partial charge in [-0.05, 0) is 24.6 Å². The Morgan fingerprint density at radius 1 is 1.30 bits per heavy atom.